The van der Waals surface area contributed by atoms with Crippen LogP contribution in [0.5, 0.6) is 0 Å². The molecule has 0 N–H and O–H groups in total. The van der Waals surface area contributed by atoms with Gasteiger partial charge in [-0.3, -0.25) is 4.99 Å². The molecule has 1 aromatic heterocycles. The molecule has 4 nitrogen and oxygen atoms in total. The lowest BCUT2D eigenvalue weighted by atomic mass is 10.1. The number of aromatic nitrogens is 3. The molecule has 0 saturated heterocycles. The van der Waals surface area contributed by atoms with Crippen LogP contribution < -0.4 is 0 Å². The van der Waals surface area contributed by atoms with Crippen LogP contribution in [0.25, 0.3) is 11.0 Å². The molecule has 0 aliphatic carbocycles. The minimum absolute atomic E-state index is 0.00936. The van der Waals surface area contributed by atoms with E-state index < -0.39 is 0 Å². The molecule has 0 saturated carbocycles. The number of hydrogen-bond donors (Lipinski definition) is 0. The molecule has 0 bridgehead atoms. The number of benzene rings is 2. The van der Waals surface area contributed by atoms with Gasteiger partial charge in [0.2, 0.25) is 0 Å². The first-order valence-corrected chi connectivity index (χ1v) is 6.27. The molecule has 1 atom stereocenters. The smallest absolute Gasteiger partial charge is 0.186 e. The first-order valence-electron chi connectivity index (χ1n) is 6.27. The summed E-state index contributed by atoms with van der Waals surface area (Å²) < 4.78 is 1.88. The van der Waals surface area contributed by atoms with Crippen LogP contribution in [-0.4, -0.2) is 20.7 Å². The van der Waals surface area contributed by atoms with Gasteiger partial charge in [0.15, 0.2) is 6.17 Å². The van der Waals surface area contributed by atoms with Crippen LogP contribution in [0.1, 0.15) is 17.3 Å². The van der Waals surface area contributed by atoms with E-state index in [0.717, 1.165) is 22.3 Å². The molecule has 4 heteroatoms. The minimum Gasteiger partial charge on any atom is -0.252 e. The fourth-order valence-electron chi connectivity index (χ4n) is 2.28. The summed E-state index contributed by atoms with van der Waals surface area (Å²) in [7, 11) is 0. The van der Waals surface area contributed by atoms with Crippen LogP contribution in [0, 0.1) is 6.92 Å². The third-order valence-corrected chi connectivity index (χ3v) is 3.39. The number of rotatable bonds is 2. The summed E-state index contributed by atoms with van der Waals surface area (Å²) in [6.45, 7) is 2.08. The van der Waals surface area contributed by atoms with Crippen molar-refractivity contribution in [2.24, 2.45) is 4.99 Å². The van der Waals surface area contributed by atoms with Crippen molar-refractivity contribution in [2.75, 3.05) is 0 Å². The van der Waals surface area contributed by atoms with Crippen molar-refractivity contribution < 1.29 is 0 Å². The largest absolute Gasteiger partial charge is 0.252 e. The second-order valence-corrected chi connectivity index (χ2v) is 4.78. The predicted octanol–water partition coefficient (Wildman–Crippen LogP) is 2.74. The van der Waals surface area contributed by atoms with E-state index in [0.29, 0.717) is 0 Å². The Morgan fingerprint density at radius 2 is 1.79 bits per heavy atom. The Hall–Kier alpha value is -2.49. The quantitative estimate of drug-likeness (QED) is 0.699. The summed E-state index contributed by atoms with van der Waals surface area (Å²) in [5.74, 6) is 0. The lowest BCUT2D eigenvalue weighted by Crippen LogP contribution is -2.04. The topological polar surface area (TPSA) is 43.1 Å². The maximum absolute atomic E-state index is 4.52. The van der Waals surface area contributed by atoms with Gasteiger partial charge in [0.05, 0.1) is 11.2 Å². The predicted molar refractivity (Wildman–Crippen MR) is 74.3 cm³/mol. The number of para-hydroxylation sites is 1. The summed E-state index contributed by atoms with van der Waals surface area (Å²) in [5.41, 5.74) is 5.44. The van der Waals surface area contributed by atoms with Gasteiger partial charge >= 0.3 is 0 Å². The highest BCUT2D eigenvalue weighted by Gasteiger charge is 2.32. The number of hydrogen-bond acceptors (Lipinski definition) is 3. The Morgan fingerprint density at radius 1 is 1.00 bits per heavy atom. The number of fused-ring (bicyclic) bond motifs is 1. The van der Waals surface area contributed by atoms with Crippen molar-refractivity contribution in [3.05, 3.63) is 59.7 Å². The van der Waals surface area contributed by atoms with Gasteiger partial charge in [0.1, 0.15) is 5.52 Å². The zero-order chi connectivity index (χ0) is 12.8. The SMILES string of the molecule is Cc1ccc(C2=NC2n2nnc3ccccc32)cc1. The van der Waals surface area contributed by atoms with Gasteiger partial charge in [-0.25, -0.2) is 4.68 Å². The number of aliphatic imine (C=N–C) groups is 1. The normalized spacial score (nSPS) is 17.5. The third kappa shape index (κ3) is 1.64. The molecule has 1 unspecified atom stereocenters. The fourth-order valence-corrected chi connectivity index (χ4v) is 2.28. The molecule has 0 spiro atoms. The molecule has 0 radical (unpaired) electrons. The van der Waals surface area contributed by atoms with Crippen molar-refractivity contribution in [3.63, 3.8) is 0 Å². The molecule has 4 rings (SSSR count). The zero-order valence-electron chi connectivity index (χ0n) is 10.5. The first kappa shape index (κ1) is 10.4. The number of nitrogens with zero attached hydrogens (tertiary/aromatic N) is 4. The van der Waals surface area contributed by atoms with Crippen molar-refractivity contribution in [2.45, 2.75) is 13.1 Å². The molecular formula is C15H12N4. The first-order chi connectivity index (χ1) is 9.33. The Kier molecular flexibility index (Phi) is 2.06. The van der Waals surface area contributed by atoms with E-state index in [2.05, 4.69) is 46.5 Å². The van der Waals surface area contributed by atoms with Gasteiger partial charge in [-0.05, 0) is 24.6 Å². The maximum atomic E-state index is 4.52. The highest BCUT2D eigenvalue weighted by atomic mass is 15.5. The molecule has 0 fully saturated rings. The van der Waals surface area contributed by atoms with E-state index in [1.165, 1.54) is 5.56 Å². The van der Waals surface area contributed by atoms with E-state index in [1.807, 2.05) is 28.9 Å². The Balaban J connectivity index is 1.68. The lowest BCUT2D eigenvalue weighted by molar-refractivity contribution is 0.639. The monoisotopic (exact) mass is 248 g/mol. The van der Waals surface area contributed by atoms with Gasteiger partial charge in [-0.1, -0.05) is 47.2 Å². The summed E-state index contributed by atoms with van der Waals surface area (Å²) in [4.78, 5) is 4.52. The second-order valence-electron chi connectivity index (χ2n) is 4.78. The van der Waals surface area contributed by atoms with Crippen LogP contribution >= 0.6 is 0 Å². The molecular weight excluding hydrogens is 236 g/mol. The molecule has 0 amide bonds. The second kappa shape index (κ2) is 3.75. The molecule has 2 aromatic carbocycles. The van der Waals surface area contributed by atoms with Gasteiger partial charge < -0.3 is 0 Å². The Bertz CT molecular complexity index is 783. The molecule has 3 aromatic rings. The highest BCUT2D eigenvalue weighted by Crippen LogP contribution is 2.31. The third-order valence-electron chi connectivity index (χ3n) is 3.39. The van der Waals surface area contributed by atoms with E-state index in [-0.39, 0.29) is 6.17 Å². The summed E-state index contributed by atoms with van der Waals surface area (Å²) >= 11 is 0. The van der Waals surface area contributed by atoms with Crippen molar-refractivity contribution in [3.8, 4) is 0 Å². The van der Waals surface area contributed by atoms with Gasteiger partial charge in [0.25, 0.3) is 0 Å². The van der Waals surface area contributed by atoms with Crippen LogP contribution in [0.15, 0.2) is 53.5 Å². The van der Waals surface area contributed by atoms with Gasteiger partial charge in [0, 0.05) is 0 Å². The Labute approximate surface area is 110 Å². The van der Waals surface area contributed by atoms with E-state index in [9.17, 15) is 0 Å². The van der Waals surface area contributed by atoms with Crippen LogP contribution in [0.4, 0.5) is 0 Å². The van der Waals surface area contributed by atoms with E-state index in [4.69, 9.17) is 0 Å². The average molecular weight is 248 g/mol. The zero-order valence-corrected chi connectivity index (χ0v) is 10.5. The van der Waals surface area contributed by atoms with Crippen LogP contribution in [-0.2, 0) is 0 Å². The minimum atomic E-state index is 0.00936. The molecule has 92 valence electrons. The van der Waals surface area contributed by atoms with Gasteiger partial charge in [-0.2, -0.15) is 0 Å². The number of aryl methyl sites for hydroxylation is 1. The fraction of sp³-hybridized carbons (Fsp3) is 0.133. The molecule has 1 aliphatic rings. The molecule has 1 aliphatic heterocycles. The maximum Gasteiger partial charge on any atom is 0.186 e. The average Bonchev–Trinajstić information content (AvgIpc) is 3.12. The molecule has 19 heavy (non-hydrogen) atoms. The summed E-state index contributed by atoms with van der Waals surface area (Å²) in [6, 6.07) is 16.4. The highest BCUT2D eigenvalue weighted by molar-refractivity contribution is 6.12. The van der Waals surface area contributed by atoms with Crippen LogP contribution in [0.2, 0.25) is 0 Å². The Morgan fingerprint density at radius 3 is 2.63 bits per heavy atom. The van der Waals surface area contributed by atoms with Gasteiger partial charge in [-0.15, -0.1) is 5.10 Å². The summed E-state index contributed by atoms with van der Waals surface area (Å²) in [6.07, 6.45) is 0.00936. The van der Waals surface area contributed by atoms with Crippen molar-refractivity contribution >= 4 is 16.7 Å². The lowest BCUT2D eigenvalue weighted by Gasteiger charge is -1.99. The van der Waals surface area contributed by atoms with E-state index in [1.54, 1.807) is 0 Å². The van der Waals surface area contributed by atoms with Crippen LogP contribution in [0.3, 0.4) is 0 Å². The summed E-state index contributed by atoms with van der Waals surface area (Å²) in [5, 5.41) is 8.36. The standard InChI is InChI=1S/C15H12N4/c1-10-6-8-11(9-7-10)14-15(16-14)19-13-5-3-2-4-12(13)17-18-19/h2-9,15H,1H3. The van der Waals surface area contributed by atoms with Crippen molar-refractivity contribution in [1.82, 2.24) is 15.0 Å². The molecule has 2 heterocycles. The van der Waals surface area contributed by atoms with Crippen molar-refractivity contribution in [1.29, 1.82) is 0 Å². The van der Waals surface area contributed by atoms with E-state index >= 15 is 0 Å².